The molecule has 2 aliphatic rings. The van der Waals surface area contributed by atoms with Gasteiger partial charge in [-0.2, -0.15) is 0 Å². The van der Waals surface area contributed by atoms with Crippen molar-refractivity contribution < 1.29 is 24.0 Å². The van der Waals surface area contributed by atoms with Gasteiger partial charge in [0.2, 0.25) is 11.8 Å². The minimum absolute atomic E-state index is 0.116. The number of primary amides is 1. The van der Waals surface area contributed by atoms with E-state index in [2.05, 4.69) is 0 Å². The van der Waals surface area contributed by atoms with E-state index >= 15 is 0 Å². The summed E-state index contributed by atoms with van der Waals surface area (Å²) in [6.07, 6.45) is 1.54. The smallest absolute Gasteiger partial charge is 0.292 e. The lowest BCUT2D eigenvalue weighted by Gasteiger charge is -2.30. The maximum absolute atomic E-state index is 12.9. The number of ether oxygens (including phenoxy) is 1. The number of likely N-dealkylation sites (tertiary alicyclic amines) is 1. The molecule has 7 nitrogen and oxygen atoms in total. The van der Waals surface area contributed by atoms with E-state index < -0.39 is 0 Å². The molecule has 3 N–H and O–H groups in total. The molecule has 2 fully saturated rings. The van der Waals surface area contributed by atoms with Crippen LogP contribution in [0.5, 0.6) is 5.75 Å². The van der Waals surface area contributed by atoms with E-state index in [0.717, 1.165) is 4.90 Å². The average molecular weight is 346 g/mol. The van der Waals surface area contributed by atoms with E-state index in [9.17, 15) is 14.4 Å². The van der Waals surface area contributed by atoms with Crippen LogP contribution in [0.2, 0.25) is 0 Å². The fraction of sp³-hybridized carbons (Fsp3) is 0.500. The molecule has 0 spiro atoms. The Balaban J connectivity index is 1.72. The minimum Gasteiger partial charge on any atom is -0.494 e. The third kappa shape index (κ3) is 3.51. The molecule has 0 radical (unpaired) electrons. The van der Waals surface area contributed by atoms with Crippen LogP contribution in [0.3, 0.4) is 0 Å². The van der Waals surface area contributed by atoms with Crippen LogP contribution < -0.4 is 20.3 Å². The Morgan fingerprint density at radius 2 is 2.04 bits per heavy atom. The zero-order chi connectivity index (χ0) is 18.0. The highest BCUT2D eigenvalue weighted by Crippen LogP contribution is 2.26. The minimum atomic E-state index is -0.378. The highest BCUT2D eigenvalue weighted by Gasteiger charge is 2.46. The van der Waals surface area contributed by atoms with Gasteiger partial charge < -0.3 is 15.4 Å². The van der Waals surface area contributed by atoms with Gasteiger partial charge in [-0.05, 0) is 19.1 Å². The van der Waals surface area contributed by atoms with Gasteiger partial charge in [0, 0.05) is 24.8 Å². The molecule has 25 heavy (non-hydrogen) atoms. The summed E-state index contributed by atoms with van der Waals surface area (Å²) in [7, 11) is 0. The number of carbonyl (C=O) groups is 3. The van der Waals surface area contributed by atoms with Crippen molar-refractivity contribution in [3.8, 4) is 5.75 Å². The maximum Gasteiger partial charge on any atom is 0.292 e. The standard InChI is InChI=1S/C18H23N3O4/c1-2-25-14-5-3-4-13(10-14)21-16(22)11-15(18(21)24)20-8-6-12(7-9-20)17(19)23/h3-5,10,12,15H,2,6-9,11H2,1H3,(H2,19,23)/p+1/t15-/m0/s1. The second kappa shape index (κ2) is 7.23. The number of carbonyl (C=O) groups excluding carboxylic acids is 3. The largest absolute Gasteiger partial charge is 0.494 e. The van der Waals surface area contributed by atoms with Crippen molar-refractivity contribution in [1.82, 2.24) is 0 Å². The molecular formula is C18H24N3O4+. The lowest BCUT2D eigenvalue weighted by molar-refractivity contribution is -0.920. The Morgan fingerprint density at radius 1 is 1.32 bits per heavy atom. The molecular weight excluding hydrogens is 322 g/mol. The van der Waals surface area contributed by atoms with Crippen molar-refractivity contribution >= 4 is 23.4 Å². The Hall–Kier alpha value is -2.41. The van der Waals surface area contributed by atoms with Crippen molar-refractivity contribution in [2.75, 3.05) is 24.6 Å². The van der Waals surface area contributed by atoms with Gasteiger partial charge in [-0.1, -0.05) is 6.07 Å². The number of hydrogen-bond acceptors (Lipinski definition) is 4. The monoisotopic (exact) mass is 346 g/mol. The molecule has 1 aromatic carbocycles. The summed E-state index contributed by atoms with van der Waals surface area (Å²) in [5, 5.41) is 0. The first-order valence-corrected chi connectivity index (χ1v) is 8.74. The van der Waals surface area contributed by atoms with Gasteiger partial charge >= 0.3 is 0 Å². The Labute approximate surface area is 146 Å². The van der Waals surface area contributed by atoms with Gasteiger partial charge in [-0.15, -0.1) is 0 Å². The number of benzene rings is 1. The van der Waals surface area contributed by atoms with E-state index in [4.69, 9.17) is 10.5 Å². The molecule has 0 aliphatic carbocycles. The third-order valence-corrected chi connectivity index (χ3v) is 5.06. The number of nitrogens with one attached hydrogen (secondary N) is 1. The Kier molecular flexibility index (Phi) is 5.03. The highest BCUT2D eigenvalue weighted by molar-refractivity contribution is 6.21. The third-order valence-electron chi connectivity index (χ3n) is 5.06. The number of anilines is 1. The van der Waals surface area contributed by atoms with Crippen molar-refractivity contribution in [2.24, 2.45) is 11.7 Å². The maximum atomic E-state index is 12.9. The van der Waals surface area contributed by atoms with E-state index in [1.165, 1.54) is 4.90 Å². The van der Waals surface area contributed by atoms with Crippen LogP contribution in [0.25, 0.3) is 0 Å². The molecule has 7 heteroatoms. The fourth-order valence-electron chi connectivity index (χ4n) is 3.72. The number of quaternary nitrogens is 1. The summed E-state index contributed by atoms with van der Waals surface area (Å²) >= 11 is 0. The molecule has 2 saturated heterocycles. The topological polar surface area (TPSA) is 94.1 Å². The fourth-order valence-corrected chi connectivity index (χ4v) is 3.72. The van der Waals surface area contributed by atoms with Crippen LogP contribution in [0, 0.1) is 5.92 Å². The van der Waals surface area contributed by atoms with Gasteiger partial charge in [0.05, 0.1) is 31.8 Å². The summed E-state index contributed by atoms with van der Waals surface area (Å²) in [5.41, 5.74) is 5.91. The predicted octanol–water partition coefficient (Wildman–Crippen LogP) is -0.503. The van der Waals surface area contributed by atoms with Gasteiger partial charge in [0.15, 0.2) is 6.04 Å². The van der Waals surface area contributed by atoms with Crippen molar-refractivity contribution in [3.63, 3.8) is 0 Å². The van der Waals surface area contributed by atoms with Gasteiger partial charge in [0.25, 0.3) is 5.91 Å². The van der Waals surface area contributed by atoms with E-state index in [1.54, 1.807) is 24.3 Å². The molecule has 1 atom stereocenters. The number of imide groups is 1. The SMILES string of the molecule is CCOc1cccc(N2C(=O)C[C@H]([NH+]3CCC(C(N)=O)CC3)C2=O)c1. The first-order chi connectivity index (χ1) is 12.0. The van der Waals surface area contributed by atoms with Crippen LogP contribution in [-0.4, -0.2) is 43.5 Å². The van der Waals surface area contributed by atoms with Gasteiger partial charge in [-0.3, -0.25) is 14.4 Å². The van der Waals surface area contributed by atoms with Gasteiger partial charge in [-0.25, -0.2) is 4.90 Å². The molecule has 3 rings (SSSR count). The number of hydrogen-bond donors (Lipinski definition) is 2. The number of nitrogens with two attached hydrogens (primary N) is 1. The Morgan fingerprint density at radius 3 is 2.68 bits per heavy atom. The summed E-state index contributed by atoms with van der Waals surface area (Å²) in [5.74, 6) is -0.116. The van der Waals surface area contributed by atoms with Crippen LogP contribution in [0.4, 0.5) is 5.69 Å². The Bertz CT molecular complexity index is 683. The summed E-state index contributed by atoms with van der Waals surface area (Å²) in [6.45, 7) is 3.77. The second-order valence-electron chi connectivity index (χ2n) is 6.59. The number of rotatable bonds is 5. The molecule has 2 aliphatic heterocycles. The van der Waals surface area contributed by atoms with Crippen molar-refractivity contribution in [2.45, 2.75) is 32.2 Å². The van der Waals surface area contributed by atoms with E-state index in [0.29, 0.717) is 44.0 Å². The number of nitrogens with zero attached hydrogens (tertiary/aromatic N) is 1. The predicted molar refractivity (Wildman–Crippen MR) is 91.1 cm³/mol. The lowest BCUT2D eigenvalue weighted by Crippen LogP contribution is -3.17. The molecule has 0 aromatic heterocycles. The molecule has 3 amide bonds. The van der Waals surface area contributed by atoms with E-state index in [1.807, 2.05) is 6.92 Å². The zero-order valence-electron chi connectivity index (χ0n) is 14.4. The normalized spacial score (nSPS) is 26.8. The quantitative estimate of drug-likeness (QED) is 0.703. The molecule has 134 valence electrons. The first kappa shape index (κ1) is 17.4. The highest BCUT2D eigenvalue weighted by atomic mass is 16.5. The van der Waals surface area contributed by atoms with Crippen LogP contribution in [-0.2, 0) is 14.4 Å². The molecule has 0 saturated carbocycles. The van der Waals surface area contributed by atoms with E-state index in [-0.39, 0.29) is 36.1 Å². The van der Waals surface area contributed by atoms with Crippen LogP contribution in [0.15, 0.2) is 24.3 Å². The van der Waals surface area contributed by atoms with Crippen molar-refractivity contribution in [3.05, 3.63) is 24.3 Å². The van der Waals surface area contributed by atoms with Crippen molar-refractivity contribution in [1.29, 1.82) is 0 Å². The molecule has 1 aromatic rings. The van der Waals surface area contributed by atoms with Gasteiger partial charge in [0.1, 0.15) is 5.75 Å². The summed E-state index contributed by atoms with van der Waals surface area (Å²) < 4.78 is 5.46. The summed E-state index contributed by atoms with van der Waals surface area (Å²) in [4.78, 5) is 38.9. The second-order valence-corrected chi connectivity index (χ2v) is 6.59. The van der Waals surface area contributed by atoms with Crippen LogP contribution >= 0.6 is 0 Å². The first-order valence-electron chi connectivity index (χ1n) is 8.74. The molecule has 0 bridgehead atoms. The summed E-state index contributed by atoms with van der Waals surface area (Å²) in [6, 6.07) is 6.66. The number of amides is 3. The average Bonchev–Trinajstić information content (AvgIpc) is 2.90. The zero-order valence-corrected chi connectivity index (χ0v) is 14.4. The number of piperidine rings is 1. The lowest BCUT2D eigenvalue weighted by atomic mass is 9.95. The molecule has 2 heterocycles. The van der Waals surface area contributed by atoms with Crippen LogP contribution in [0.1, 0.15) is 26.2 Å². The molecule has 0 unspecified atom stereocenters.